The van der Waals surface area contributed by atoms with Crippen molar-refractivity contribution in [2.75, 3.05) is 12.4 Å². The summed E-state index contributed by atoms with van der Waals surface area (Å²) < 4.78 is 3.07. The Bertz CT molecular complexity index is 542. The van der Waals surface area contributed by atoms with Gasteiger partial charge in [0.1, 0.15) is 0 Å². The van der Waals surface area contributed by atoms with Gasteiger partial charge < -0.3 is 5.32 Å². The van der Waals surface area contributed by atoms with E-state index in [4.69, 9.17) is 0 Å². The number of anilines is 1. The lowest BCUT2D eigenvalue weighted by molar-refractivity contribution is 0.615. The molecule has 16 heavy (non-hydrogen) atoms. The molecule has 0 spiro atoms. The van der Waals surface area contributed by atoms with E-state index in [-0.39, 0.29) is 5.56 Å². The molecule has 2 rings (SSSR count). The summed E-state index contributed by atoms with van der Waals surface area (Å²) in [6.45, 7) is 0.393. The number of rotatable bonds is 3. The summed E-state index contributed by atoms with van der Waals surface area (Å²) in [5.41, 5.74) is 1.38. The first-order valence-electron chi connectivity index (χ1n) is 4.92. The van der Waals surface area contributed by atoms with E-state index in [9.17, 15) is 4.79 Å². The average molecular weight is 219 g/mol. The SMILES string of the molecule is CNc1cnn(Cc2ccn(C)n2)c(=O)c1. The summed E-state index contributed by atoms with van der Waals surface area (Å²) >= 11 is 0. The fourth-order valence-electron chi connectivity index (χ4n) is 1.39. The molecule has 0 aliphatic carbocycles. The van der Waals surface area contributed by atoms with Crippen molar-refractivity contribution in [3.63, 3.8) is 0 Å². The van der Waals surface area contributed by atoms with Gasteiger partial charge in [-0.2, -0.15) is 10.2 Å². The van der Waals surface area contributed by atoms with Gasteiger partial charge >= 0.3 is 0 Å². The molecular formula is C10H13N5O. The summed E-state index contributed by atoms with van der Waals surface area (Å²) in [5.74, 6) is 0. The van der Waals surface area contributed by atoms with Gasteiger partial charge in [-0.05, 0) is 6.07 Å². The zero-order valence-corrected chi connectivity index (χ0v) is 9.21. The Hall–Kier alpha value is -2.11. The van der Waals surface area contributed by atoms with Crippen LogP contribution in [0, 0.1) is 0 Å². The number of nitrogens with one attached hydrogen (secondary N) is 1. The third kappa shape index (κ3) is 2.10. The maximum absolute atomic E-state index is 11.6. The van der Waals surface area contributed by atoms with Crippen LogP contribution in [0.25, 0.3) is 0 Å². The van der Waals surface area contributed by atoms with Crippen molar-refractivity contribution >= 4 is 5.69 Å². The lowest BCUT2D eigenvalue weighted by Gasteiger charge is -2.03. The van der Waals surface area contributed by atoms with Gasteiger partial charge in [-0.25, -0.2) is 4.68 Å². The predicted octanol–water partition coefficient (Wildman–Crippen LogP) is 0.0668. The fraction of sp³-hybridized carbons (Fsp3) is 0.300. The molecule has 1 N–H and O–H groups in total. The quantitative estimate of drug-likeness (QED) is 0.793. The predicted molar refractivity (Wildman–Crippen MR) is 60.4 cm³/mol. The van der Waals surface area contributed by atoms with Crippen molar-refractivity contribution < 1.29 is 0 Å². The summed E-state index contributed by atoms with van der Waals surface area (Å²) in [6.07, 6.45) is 3.45. The van der Waals surface area contributed by atoms with Crippen LogP contribution in [-0.4, -0.2) is 26.6 Å². The number of hydrogen-bond acceptors (Lipinski definition) is 4. The minimum Gasteiger partial charge on any atom is -0.387 e. The van der Waals surface area contributed by atoms with E-state index in [1.54, 1.807) is 17.9 Å². The Morgan fingerprint density at radius 2 is 2.31 bits per heavy atom. The molecule has 0 unspecified atom stereocenters. The Kier molecular flexibility index (Phi) is 2.72. The molecule has 0 fully saturated rings. The molecule has 0 bridgehead atoms. The van der Waals surface area contributed by atoms with E-state index in [1.165, 1.54) is 10.7 Å². The lowest BCUT2D eigenvalue weighted by atomic mass is 10.4. The second-order valence-electron chi connectivity index (χ2n) is 3.47. The van der Waals surface area contributed by atoms with Crippen molar-refractivity contribution in [3.05, 3.63) is 40.6 Å². The molecule has 0 atom stereocenters. The monoisotopic (exact) mass is 219 g/mol. The molecule has 0 aliphatic heterocycles. The lowest BCUT2D eigenvalue weighted by Crippen LogP contribution is -2.23. The molecule has 84 valence electrons. The highest BCUT2D eigenvalue weighted by Gasteiger charge is 2.02. The zero-order chi connectivity index (χ0) is 11.5. The molecule has 0 aromatic carbocycles. The van der Waals surface area contributed by atoms with Gasteiger partial charge in [0, 0.05) is 26.4 Å². The van der Waals surface area contributed by atoms with Crippen LogP contribution in [0.3, 0.4) is 0 Å². The Morgan fingerprint density at radius 1 is 1.50 bits per heavy atom. The molecule has 2 heterocycles. The summed E-state index contributed by atoms with van der Waals surface area (Å²) in [5, 5.41) is 11.1. The summed E-state index contributed by atoms with van der Waals surface area (Å²) in [4.78, 5) is 11.6. The highest BCUT2D eigenvalue weighted by molar-refractivity contribution is 5.37. The van der Waals surface area contributed by atoms with Crippen LogP contribution < -0.4 is 10.9 Å². The fourth-order valence-corrected chi connectivity index (χ4v) is 1.39. The maximum Gasteiger partial charge on any atom is 0.269 e. The molecule has 0 saturated carbocycles. The van der Waals surface area contributed by atoms with Gasteiger partial charge in [0.05, 0.1) is 24.1 Å². The van der Waals surface area contributed by atoms with E-state index in [1.807, 2.05) is 19.3 Å². The standard InChI is InChI=1S/C10H13N5O/c1-11-9-5-10(16)15(12-6-9)7-8-3-4-14(2)13-8/h3-6,11H,7H2,1-2H3. The van der Waals surface area contributed by atoms with E-state index in [2.05, 4.69) is 15.5 Å². The van der Waals surface area contributed by atoms with Crippen LogP contribution >= 0.6 is 0 Å². The molecule has 0 radical (unpaired) electrons. The highest BCUT2D eigenvalue weighted by atomic mass is 16.1. The average Bonchev–Trinajstić information content (AvgIpc) is 2.67. The van der Waals surface area contributed by atoms with Crippen LogP contribution in [-0.2, 0) is 13.6 Å². The molecule has 0 aliphatic rings. The van der Waals surface area contributed by atoms with Crippen LogP contribution in [0.2, 0.25) is 0 Å². The Labute approximate surface area is 92.5 Å². The van der Waals surface area contributed by atoms with Gasteiger partial charge in [-0.15, -0.1) is 0 Å². The Morgan fingerprint density at radius 3 is 2.88 bits per heavy atom. The third-order valence-corrected chi connectivity index (χ3v) is 2.24. The number of hydrogen-bond donors (Lipinski definition) is 1. The first-order chi connectivity index (χ1) is 7.69. The van der Waals surface area contributed by atoms with Gasteiger partial charge in [-0.3, -0.25) is 9.48 Å². The van der Waals surface area contributed by atoms with Crippen molar-refractivity contribution in [1.82, 2.24) is 19.6 Å². The molecular weight excluding hydrogens is 206 g/mol. The summed E-state index contributed by atoms with van der Waals surface area (Å²) in [7, 11) is 3.59. The van der Waals surface area contributed by atoms with Crippen molar-refractivity contribution in [3.8, 4) is 0 Å². The molecule has 0 saturated heterocycles. The molecule has 2 aromatic rings. The molecule has 6 nitrogen and oxygen atoms in total. The topological polar surface area (TPSA) is 64.7 Å². The van der Waals surface area contributed by atoms with Gasteiger partial charge in [-0.1, -0.05) is 0 Å². The third-order valence-electron chi connectivity index (χ3n) is 2.24. The van der Waals surface area contributed by atoms with E-state index >= 15 is 0 Å². The minimum atomic E-state index is -0.141. The van der Waals surface area contributed by atoms with Crippen molar-refractivity contribution in [2.24, 2.45) is 7.05 Å². The maximum atomic E-state index is 11.6. The number of aromatic nitrogens is 4. The Balaban J connectivity index is 2.25. The second-order valence-corrected chi connectivity index (χ2v) is 3.47. The second kappa shape index (κ2) is 4.18. The highest BCUT2D eigenvalue weighted by Crippen LogP contribution is 1.99. The van der Waals surface area contributed by atoms with Crippen LogP contribution in [0.4, 0.5) is 5.69 Å². The van der Waals surface area contributed by atoms with E-state index in [0.29, 0.717) is 12.2 Å². The minimum absolute atomic E-state index is 0.141. The zero-order valence-electron chi connectivity index (χ0n) is 9.21. The molecule has 0 amide bonds. The van der Waals surface area contributed by atoms with Gasteiger partial charge in [0.25, 0.3) is 5.56 Å². The van der Waals surface area contributed by atoms with E-state index in [0.717, 1.165) is 5.69 Å². The van der Waals surface area contributed by atoms with Gasteiger partial charge in [0.2, 0.25) is 0 Å². The van der Waals surface area contributed by atoms with Crippen LogP contribution in [0.5, 0.6) is 0 Å². The van der Waals surface area contributed by atoms with E-state index < -0.39 is 0 Å². The van der Waals surface area contributed by atoms with Crippen LogP contribution in [0.1, 0.15) is 5.69 Å². The first kappa shape index (κ1) is 10.4. The normalized spacial score (nSPS) is 10.4. The van der Waals surface area contributed by atoms with Crippen LogP contribution in [0.15, 0.2) is 29.3 Å². The largest absolute Gasteiger partial charge is 0.387 e. The van der Waals surface area contributed by atoms with Gasteiger partial charge in [0.15, 0.2) is 0 Å². The first-order valence-corrected chi connectivity index (χ1v) is 4.92. The van der Waals surface area contributed by atoms with Crippen molar-refractivity contribution in [1.29, 1.82) is 0 Å². The molecule has 2 aromatic heterocycles. The van der Waals surface area contributed by atoms with Crippen molar-refractivity contribution in [2.45, 2.75) is 6.54 Å². The smallest absolute Gasteiger partial charge is 0.269 e. The number of nitrogens with zero attached hydrogens (tertiary/aromatic N) is 4. The summed E-state index contributed by atoms with van der Waals surface area (Å²) in [6, 6.07) is 3.37. The molecule has 6 heteroatoms. The number of aryl methyl sites for hydroxylation is 1.